The first-order valence-corrected chi connectivity index (χ1v) is 9.54. The highest BCUT2D eigenvalue weighted by Gasteiger charge is 2.34. The van der Waals surface area contributed by atoms with E-state index in [1.165, 1.54) is 11.3 Å². The molecule has 0 radical (unpaired) electrons. The van der Waals surface area contributed by atoms with Gasteiger partial charge >= 0.3 is 0 Å². The van der Waals surface area contributed by atoms with E-state index >= 15 is 0 Å². The molecule has 0 fully saturated rings. The van der Waals surface area contributed by atoms with Crippen molar-refractivity contribution < 1.29 is 4.74 Å². The molecule has 2 aliphatic carbocycles. The van der Waals surface area contributed by atoms with Crippen LogP contribution in [0.5, 0.6) is 5.75 Å². The first kappa shape index (κ1) is 16.8. The maximum Gasteiger partial charge on any atom is 0.155 e. The number of fused-ring (bicyclic) bond motifs is 4. The molecule has 1 aromatic rings. The second-order valence-corrected chi connectivity index (χ2v) is 6.59. The summed E-state index contributed by atoms with van der Waals surface area (Å²) >= 11 is 0. The third kappa shape index (κ3) is 2.79. The third-order valence-corrected chi connectivity index (χ3v) is 5.11. The molecule has 0 N–H and O–H groups in total. The lowest BCUT2D eigenvalue weighted by molar-refractivity contribution is 0.446. The highest BCUT2D eigenvalue weighted by atomic mass is 16.5. The molecule has 4 nitrogen and oxygen atoms in total. The molecule has 4 rings (SSSR count). The van der Waals surface area contributed by atoms with E-state index in [4.69, 9.17) is 9.73 Å². The SMILES string of the molecule is CCN=C1C=C2Oc3cc(N(CC)CC)ccc3N=C2C2C=CCC=C12. The summed E-state index contributed by atoms with van der Waals surface area (Å²) in [5.41, 5.74) is 5.35. The number of allylic oxidation sites excluding steroid dienone is 6. The molecule has 1 aliphatic heterocycles. The Morgan fingerprint density at radius 1 is 1.23 bits per heavy atom. The first-order valence-electron chi connectivity index (χ1n) is 9.54. The summed E-state index contributed by atoms with van der Waals surface area (Å²) in [6.45, 7) is 9.11. The van der Waals surface area contributed by atoms with E-state index < -0.39 is 0 Å². The molecule has 1 unspecified atom stereocenters. The van der Waals surface area contributed by atoms with Gasteiger partial charge in [0.25, 0.3) is 0 Å². The van der Waals surface area contributed by atoms with Gasteiger partial charge in [-0.1, -0.05) is 18.2 Å². The summed E-state index contributed by atoms with van der Waals surface area (Å²) in [7, 11) is 0. The van der Waals surface area contributed by atoms with Crippen LogP contribution in [0.2, 0.25) is 0 Å². The maximum absolute atomic E-state index is 6.30. The number of hydrogen-bond acceptors (Lipinski definition) is 4. The average Bonchev–Trinajstić information content (AvgIpc) is 2.68. The van der Waals surface area contributed by atoms with E-state index in [1.807, 2.05) is 0 Å². The van der Waals surface area contributed by atoms with Gasteiger partial charge in [0.1, 0.15) is 5.69 Å². The van der Waals surface area contributed by atoms with E-state index in [9.17, 15) is 0 Å². The Kier molecular flexibility index (Phi) is 4.49. The standard InChI is InChI=1S/C22H25N3O/c1-4-23-19-14-21-22(17-10-8-7-9-16(17)19)24-18-12-11-15(13-20(18)26-21)25(5-2)6-3/h8-14,17H,4-7H2,1-3H3. The Bertz CT molecular complexity index is 869. The fourth-order valence-electron chi connectivity index (χ4n) is 3.80. The van der Waals surface area contributed by atoms with Crippen LogP contribution in [-0.2, 0) is 0 Å². The van der Waals surface area contributed by atoms with Crippen molar-refractivity contribution in [2.75, 3.05) is 24.5 Å². The summed E-state index contributed by atoms with van der Waals surface area (Å²) in [6.07, 6.45) is 9.69. The normalized spacial score (nSPS) is 21.7. The largest absolute Gasteiger partial charge is 0.453 e. The summed E-state index contributed by atoms with van der Waals surface area (Å²) in [5.74, 6) is 1.80. The van der Waals surface area contributed by atoms with Gasteiger partial charge < -0.3 is 9.64 Å². The first-order chi connectivity index (χ1) is 12.7. The van der Waals surface area contributed by atoms with Crippen LogP contribution >= 0.6 is 0 Å². The fourth-order valence-corrected chi connectivity index (χ4v) is 3.80. The summed E-state index contributed by atoms with van der Waals surface area (Å²) in [5, 5.41) is 0. The Hall–Kier alpha value is -2.62. The minimum atomic E-state index is 0.143. The second kappa shape index (κ2) is 6.94. The van der Waals surface area contributed by atoms with Crippen molar-refractivity contribution in [3.05, 3.63) is 53.8 Å². The van der Waals surface area contributed by atoms with E-state index in [0.29, 0.717) is 0 Å². The minimum absolute atomic E-state index is 0.143. The topological polar surface area (TPSA) is 37.2 Å². The quantitative estimate of drug-likeness (QED) is 0.730. The molecule has 1 aromatic carbocycles. The summed E-state index contributed by atoms with van der Waals surface area (Å²) in [4.78, 5) is 12.0. The number of benzene rings is 1. The van der Waals surface area contributed by atoms with E-state index in [2.05, 4.69) is 73.2 Å². The van der Waals surface area contributed by atoms with Gasteiger partial charge in [-0.15, -0.1) is 0 Å². The number of aliphatic imine (C=N–C) groups is 2. The highest BCUT2D eigenvalue weighted by Crippen LogP contribution is 2.41. The average molecular weight is 347 g/mol. The van der Waals surface area contributed by atoms with Gasteiger partial charge in [-0.25, -0.2) is 4.99 Å². The molecule has 1 heterocycles. The van der Waals surface area contributed by atoms with Crippen LogP contribution in [0.3, 0.4) is 0 Å². The fraction of sp³-hybridized carbons (Fsp3) is 0.364. The van der Waals surface area contributed by atoms with E-state index in [0.717, 1.165) is 54.7 Å². The van der Waals surface area contributed by atoms with Gasteiger partial charge in [-0.2, -0.15) is 0 Å². The number of anilines is 1. The lowest BCUT2D eigenvalue weighted by Crippen LogP contribution is -2.31. The van der Waals surface area contributed by atoms with Crippen molar-refractivity contribution >= 4 is 22.8 Å². The van der Waals surface area contributed by atoms with Gasteiger partial charge in [-0.05, 0) is 44.9 Å². The molecule has 0 saturated heterocycles. The molecule has 1 atom stereocenters. The zero-order chi connectivity index (χ0) is 18.1. The van der Waals surface area contributed by atoms with Crippen LogP contribution < -0.4 is 9.64 Å². The molecule has 0 saturated carbocycles. The van der Waals surface area contributed by atoms with Gasteiger partial charge in [-0.3, -0.25) is 4.99 Å². The Labute approximate surface area is 155 Å². The van der Waals surface area contributed by atoms with Crippen molar-refractivity contribution in [2.24, 2.45) is 15.9 Å². The lowest BCUT2D eigenvalue weighted by Gasteiger charge is -2.31. The molecule has 0 amide bonds. The summed E-state index contributed by atoms with van der Waals surface area (Å²) < 4.78 is 6.30. The van der Waals surface area contributed by atoms with Gasteiger partial charge in [0, 0.05) is 43.4 Å². The second-order valence-electron chi connectivity index (χ2n) is 6.59. The number of rotatable bonds is 4. The predicted molar refractivity (Wildman–Crippen MR) is 109 cm³/mol. The predicted octanol–water partition coefficient (Wildman–Crippen LogP) is 4.86. The van der Waals surface area contributed by atoms with E-state index in [-0.39, 0.29) is 5.92 Å². The van der Waals surface area contributed by atoms with Crippen LogP contribution in [0.15, 0.2) is 63.8 Å². The maximum atomic E-state index is 6.30. The molecule has 0 aromatic heterocycles. The molecule has 3 aliphatic rings. The third-order valence-electron chi connectivity index (χ3n) is 5.11. The Balaban J connectivity index is 1.79. The lowest BCUT2D eigenvalue weighted by atomic mass is 9.80. The van der Waals surface area contributed by atoms with Crippen LogP contribution in [0.25, 0.3) is 0 Å². The number of hydrogen-bond donors (Lipinski definition) is 0. The van der Waals surface area contributed by atoms with Crippen LogP contribution in [0.4, 0.5) is 11.4 Å². The smallest absolute Gasteiger partial charge is 0.155 e. The highest BCUT2D eigenvalue weighted by molar-refractivity contribution is 6.23. The van der Waals surface area contributed by atoms with Crippen LogP contribution in [-0.4, -0.2) is 31.1 Å². The van der Waals surface area contributed by atoms with Crippen molar-refractivity contribution in [2.45, 2.75) is 27.2 Å². The van der Waals surface area contributed by atoms with E-state index in [1.54, 1.807) is 0 Å². The van der Waals surface area contributed by atoms with Gasteiger partial charge in [0.2, 0.25) is 0 Å². The molecule has 0 spiro atoms. The molecular formula is C22H25N3O. The van der Waals surface area contributed by atoms with Crippen molar-refractivity contribution in [3.63, 3.8) is 0 Å². The van der Waals surface area contributed by atoms with Gasteiger partial charge in [0.15, 0.2) is 11.5 Å². The monoisotopic (exact) mass is 347 g/mol. The Morgan fingerprint density at radius 3 is 2.85 bits per heavy atom. The number of ether oxygens (including phenoxy) is 1. The van der Waals surface area contributed by atoms with Gasteiger partial charge in [0.05, 0.1) is 11.4 Å². The summed E-state index contributed by atoms with van der Waals surface area (Å²) in [6, 6.07) is 6.30. The van der Waals surface area contributed by atoms with Crippen molar-refractivity contribution in [3.8, 4) is 5.75 Å². The zero-order valence-corrected chi connectivity index (χ0v) is 15.7. The Morgan fingerprint density at radius 2 is 2.08 bits per heavy atom. The van der Waals surface area contributed by atoms with Crippen molar-refractivity contribution in [1.29, 1.82) is 0 Å². The van der Waals surface area contributed by atoms with Crippen molar-refractivity contribution in [1.82, 2.24) is 0 Å². The molecule has 4 heteroatoms. The van der Waals surface area contributed by atoms with Crippen LogP contribution in [0, 0.1) is 5.92 Å². The minimum Gasteiger partial charge on any atom is -0.453 e. The molecular weight excluding hydrogens is 322 g/mol. The number of nitrogens with zero attached hydrogens (tertiary/aromatic N) is 3. The van der Waals surface area contributed by atoms with Crippen LogP contribution in [0.1, 0.15) is 27.2 Å². The molecule has 0 bridgehead atoms. The molecule has 134 valence electrons. The zero-order valence-electron chi connectivity index (χ0n) is 15.7. The molecule has 26 heavy (non-hydrogen) atoms.